The Morgan fingerprint density at radius 1 is 0.328 bits per heavy atom. The van der Waals surface area contributed by atoms with Gasteiger partial charge in [-0.1, -0.05) is 212 Å². The molecule has 6 nitrogen and oxygen atoms in total. The molecule has 0 amide bonds. The van der Waals surface area contributed by atoms with Crippen molar-refractivity contribution in [2.75, 3.05) is 13.2 Å². The van der Waals surface area contributed by atoms with Crippen molar-refractivity contribution in [3.05, 3.63) is 134 Å². The van der Waals surface area contributed by atoms with Gasteiger partial charge in [-0.2, -0.15) is 0 Å². The van der Waals surface area contributed by atoms with Gasteiger partial charge in [-0.15, -0.1) is 0 Å². The van der Waals surface area contributed by atoms with E-state index in [1.807, 2.05) is 24.3 Å². The van der Waals surface area contributed by atoms with Gasteiger partial charge in [0, 0.05) is 19.3 Å². The first-order valence-corrected chi connectivity index (χ1v) is 25.3. The molecule has 1 atom stereocenters. The molecule has 0 aliphatic rings. The Hall–Kier alpha value is -4.45. The summed E-state index contributed by atoms with van der Waals surface area (Å²) in [6, 6.07) is 0. The van der Waals surface area contributed by atoms with Gasteiger partial charge in [0.05, 0.1) is 0 Å². The largest absolute Gasteiger partial charge is 0.462 e. The molecule has 0 bridgehead atoms. The second kappa shape index (κ2) is 51.2. The topological polar surface area (TPSA) is 78.9 Å². The molecule has 0 aromatic heterocycles. The van der Waals surface area contributed by atoms with Gasteiger partial charge < -0.3 is 14.2 Å². The number of carbonyl (C=O) groups excluding carboxylic acids is 3. The summed E-state index contributed by atoms with van der Waals surface area (Å²) in [6.45, 7) is 6.17. The molecule has 1 unspecified atom stereocenters. The highest BCUT2D eigenvalue weighted by Gasteiger charge is 2.19. The summed E-state index contributed by atoms with van der Waals surface area (Å²) in [4.78, 5) is 38.0. The first-order chi connectivity index (χ1) is 31.5. The summed E-state index contributed by atoms with van der Waals surface area (Å²) in [5.41, 5.74) is 0. The maximum Gasteiger partial charge on any atom is 0.306 e. The number of carbonyl (C=O) groups is 3. The van der Waals surface area contributed by atoms with Crippen molar-refractivity contribution >= 4 is 17.9 Å². The van der Waals surface area contributed by atoms with Crippen molar-refractivity contribution in [2.24, 2.45) is 0 Å². The number of hydrogen-bond acceptors (Lipinski definition) is 6. The third-order valence-electron chi connectivity index (χ3n) is 10.0. The molecule has 0 saturated carbocycles. The van der Waals surface area contributed by atoms with Crippen LogP contribution in [0, 0.1) is 0 Å². The maximum atomic E-state index is 12.8. The van der Waals surface area contributed by atoms with Gasteiger partial charge in [0.25, 0.3) is 0 Å². The van der Waals surface area contributed by atoms with Crippen molar-refractivity contribution in [3.63, 3.8) is 0 Å². The van der Waals surface area contributed by atoms with Crippen LogP contribution < -0.4 is 0 Å². The van der Waals surface area contributed by atoms with Crippen molar-refractivity contribution in [1.82, 2.24) is 0 Å². The molecule has 0 aliphatic heterocycles. The lowest BCUT2D eigenvalue weighted by atomic mass is 10.1. The van der Waals surface area contributed by atoms with Crippen LogP contribution in [-0.2, 0) is 28.6 Å². The molecule has 358 valence electrons. The van der Waals surface area contributed by atoms with Crippen LogP contribution in [0.15, 0.2) is 134 Å². The van der Waals surface area contributed by atoms with Crippen molar-refractivity contribution in [3.8, 4) is 0 Å². The fourth-order valence-electron chi connectivity index (χ4n) is 6.32. The summed E-state index contributed by atoms with van der Waals surface area (Å²) in [7, 11) is 0. The molecular weight excluding hydrogens is 793 g/mol. The standard InChI is InChI=1S/C58H90O6/c1-4-7-10-13-16-19-22-25-28-31-33-36-39-42-45-48-51-57(60)63-54-55(64-58(61)52-49-46-43-40-37-34-30-27-24-21-18-15-12-9-6-3)53-62-56(59)50-47-44-41-38-35-32-29-26-23-20-17-14-11-8-5-2/h7-12,14-21,23-25,27-28,30,33,36,55H,4-6,13,22,26,29,31-32,34-35,37-54H2,1-3H3/b10-7-,11-8-,12-9-,17-14-,18-15-,19-16-,23-20-,24-21-,28-25-,30-27-,36-33-. The molecule has 64 heavy (non-hydrogen) atoms. The van der Waals surface area contributed by atoms with E-state index >= 15 is 0 Å². The van der Waals surface area contributed by atoms with E-state index in [9.17, 15) is 14.4 Å². The molecule has 0 aliphatic carbocycles. The van der Waals surface area contributed by atoms with Crippen LogP contribution >= 0.6 is 0 Å². The second-order valence-corrected chi connectivity index (χ2v) is 16.1. The number of rotatable bonds is 43. The van der Waals surface area contributed by atoms with Crippen LogP contribution in [0.1, 0.15) is 194 Å². The van der Waals surface area contributed by atoms with Crippen molar-refractivity contribution in [2.45, 2.75) is 200 Å². The van der Waals surface area contributed by atoms with Crippen LogP contribution in [0.4, 0.5) is 0 Å². The summed E-state index contributed by atoms with van der Waals surface area (Å²) >= 11 is 0. The number of unbranched alkanes of at least 4 members (excludes halogenated alkanes) is 15. The fraction of sp³-hybridized carbons (Fsp3) is 0.569. The van der Waals surface area contributed by atoms with E-state index in [4.69, 9.17) is 14.2 Å². The monoisotopic (exact) mass is 883 g/mol. The average molecular weight is 883 g/mol. The molecule has 6 heteroatoms. The van der Waals surface area contributed by atoms with E-state index in [0.717, 1.165) is 128 Å². The lowest BCUT2D eigenvalue weighted by Crippen LogP contribution is -2.30. The highest BCUT2D eigenvalue weighted by molar-refractivity contribution is 5.71. The van der Waals surface area contributed by atoms with Gasteiger partial charge in [0.2, 0.25) is 0 Å². The molecule has 0 fully saturated rings. The fourth-order valence-corrected chi connectivity index (χ4v) is 6.32. The van der Waals surface area contributed by atoms with Gasteiger partial charge in [-0.05, 0) is 96.3 Å². The molecule has 0 aromatic carbocycles. The Kier molecular flexibility index (Phi) is 47.6. The molecule has 0 saturated heterocycles. The average Bonchev–Trinajstić information content (AvgIpc) is 3.29. The predicted molar refractivity (Wildman–Crippen MR) is 274 cm³/mol. The van der Waals surface area contributed by atoms with E-state index in [-0.39, 0.29) is 37.5 Å². The summed E-state index contributed by atoms with van der Waals surface area (Å²) < 4.78 is 16.7. The summed E-state index contributed by atoms with van der Waals surface area (Å²) in [6.07, 6.45) is 71.4. The minimum atomic E-state index is -0.813. The zero-order valence-corrected chi connectivity index (χ0v) is 40.7. The van der Waals surface area contributed by atoms with E-state index in [0.29, 0.717) is 12.8 Å². The van der Waals surface area contributed by atoms with E-state index < -0.39 is 6.10 Å². The zero-order chi connectivity index (χ0) is 46.5. The number of hydrogen-bond donors (Lipinski definition) is 0. The molecular formula is C58H90O6. The third-order valence-corrected chi connectivity index (χ3v) is 10.0. The Bertz CT molecular complexity index is 1430. The third kappa shape index (κ3) is 48.6. The van der Waals surface area contributed by atoms with E-state index in [1.165, 1.54) is 25.7 Å². The van der Waals surface area contributed by atoms with Gasteiger partial charge >= 0.3 is 17.9 Å². The quantitative estimate of drug-likeness (QED) is 0.0200. The van der Waals surface area contributed by atoms with Crippen LogP contribution in [0.5, 0.6) is 0 Å². The second-order valence-electron chi connectivity index (χ2n) is 16.1. The minimum Gasteiger partial charge on any atom is -0.462 e. The SMILES string of the molecule is CC\C=C/C=C\C=C/C=C\CCCCCCCC(=O)OC(COC(=O)CCCCC/C=C\C/C=C\C/C=C\C/C=C\CC)COC(=O)CCCCCCCCC\C=C/C=C\C=C/CC. The van der Waals surface area contributed by atoms with Gasteiger partial charge in [0.15, 0.2) is 6.10 Å². The Morgan fingerprint density at radius 3 is 1.08 bits per heavy atom. The highest BCUT2D eigenvalue weighted by Crippen LogP contribution is 2.13. The van der Waals surface area contributed by atoms with Crippen LogP contribution in [-0.4, -0.2) is 37.2 Å². The van der Waals surface area contributed by atoms with Gasteiger partial charge in [-0.3, -0.25) is 14.4 Å². The number of allylic oxidation sites excluding steroid dienone is 22. The number of ether oxygens (including phenoxy) is 3. The normalized spacial score (nSPS) is 13.2. The molecule has 0 aromatic rings. The Balaban J connectivity index is 4.54. The zero-order valence-electron chi connectivity index (χ0n) is 40.7. The Labute approximate surface area is 392 Å². The van der Waals surface area contributed by atoms with Crippen LogP contribution in [0.2, 0.25) is 0 Å². The van der Waals surface area contributed by atoms with E-state index in [1.54, 1.807) is 0 Å². The summed E-state index contributed by atoms with van der Waals surface area (Å²) in [5, 5.41) is 0. The van der Waals surface area contributed by atoms with Crippen LogP contribution in [0.3, 0.4) is 0 Å². The first-order valence-electron chi connectivity index (χ1n) is 25.3. The first kappa shape index (κ1) is 59.5. The predicted octanol–water partition coefficient (Wildman–Crippen LogP) is 16.7. The maximum absolute atomic E-state index is 12.8. The van der Waals surface area contributed by atoms with Crippen LogP contribution in [0.25, 0.3) is 0 Å². The van der Waals surface area contributed by atoms with Crippen molar-refractivity contribution in [1.29, 1.82) is 0 Å². The minimum absolute atomic E-state index is 0.110. The van der Waals surface area contributed by atoms with E-state index in [2.05, 4.69) is 130 Å². The highest BCUT2D eigenvalue weighted by atomic mass is 16.6. The lowest BCUT2D eigenvalue weighted by molar-refractivity contribution is -0.167. The summed E-state index contributed by atoms with van der Waals surface area (Å²) in [5.74, 6) is -0.987. The Morgan fingerprint density at radius 2 is 0.641 bits per heavy atom. The lowest BCUT2D eigenvalue weighted by Gasteiger charge is -2.18. The smallest absolute Gasteiger partial charge is 0.306 e. The number of esters is 3. The van der Waals surface area contributed by atoms with Gasteiger partial charge in [-0.25, -0.2) is 0 Å². The van der Waals surface area contributed by atoms with Gasteiger partial charge in [0.1, 0.15) is 13.2 Å². The van der Waals surface area contributed by atoms with Crippen molar-refractivity contribution < 1.29 is 28.6 Å². The molecule has 0 heterocycles. The molecule has 0 rings (SSSR count). The molecule has 0 spiro atoms. The molecule has 0 N–H and O–H groups in total. The molecule has 0 radical (unpaired) electrons.